The largest absolute Gasteiger partial charge is 0.489 e. The Hall–Kier alpha value is -2.33. The van der Waals surface area contributed by atoms with Gasteiger partial charge in [0.1, 0.15) is 12.4 Å². The molecule has 0 bridgehead atoms. The van der Waals surface area contributed by atoms with Crippen LogP contribution in [0.2, 0.25) is 0 Å². The van der Waals surface area contributed by atoms with Gasteiger partial charge in [0, 0.05) is 0 Å². The number of aliphatic hydroxyl groups is 1. The van der Waals surface area contributed by atoms with Crippen molar-refractivity contribution in [2.75, 3.05) is 0 Å². The quantitative estimate of drug-likeness (QED) is 0.886. The van der Waals surface area contributed by atoms with E-state index in [1.54, 1.807) is 12.1 Å². The second-order valence-corrected chi connectivity index (χ2v) is 5.06. The van der Waals surface area contributed by atoms with E-state index < -0.39 is 12.0 Å². The molecule has 21 heavy (non-hydrogen) atoms. The van der Waals surface area contributed by atoms with Crippen LogP contribution < -0.4 is 10.5 Å². The average molecular weight is 285 g/mol. The lowest BCUT2D eigenvalue weighted by Crippen LogP contribution is -2.22. The van der Waals surface area contributed by atoms with Crippen molar-refractivity contribution in [3.63, 3.8) is 0 Å². The molecule has 0 aliphatic carbocycles. The molecular formula is C17H19NO3. The van der Waals surface area contributed by atoms with E-state index in [1.165, 1.54) is 0 Å². The zero-order valence-corrected chi connectivity index (χ0v) is 12.2. The summed E-state index contributed by atoms with van der Waals surface area (Å²) in [5.41, 5.74) is 8.53. The highest BCUT2D eigenvalue weighted by atomic mass is 16.5. The molecule has 1 unspecified atom stereocenters. The molecule has 0 saturated heterocycles. The van der Waals surface area contributed by atoms with E-state index in [2.05, 4.69) is 0 Å². The number of carbonyl (C=O) groups is 1. The first-order valence-electron chi connectivity index (χ1n) is 6.74. The van der Waals surface area contributed by atoms with Crippen molar-refractivity contribution < 1.29 is 14.6 Å². The van der Waals surface area contributed by atoms with Crippen molar-refractivity contribution in [3.05, 3.63) is 64.7 Å². The molecule has 0 fully saturated rings. The summed E-state index contributed by atoms with van der Waals surface area (Å²) in [6, 6.07) is 13.1. The summed E-state index contributed by atoms with van der Waals surface area (Å²) in [4.78, 5) is 11.2. The maximum atomic E-state index is 11.2. The van der Waals surface area contributed by atoms with Gasteiger partial charge in [-0.25, -0.2) is 0 Å². The number of rotatable bonds is 5. The molecule has 2 aromatic carbocycles. The Morgan fingerprint density at radius 1 is 1.24 bits per heavy atom. The van der Waals surface area contributed by atoms with Crippen molar-refractivity contribution in [3.8, 4) is 5.75 Å². The predicted molar refractivity (Wildman–Crippen MR) is 80.8 cm³/mol. The molecule has 0 saturated carbocycles. The molecule has 0 heterocycles. The van der Waals surface area contributed by atoms with Crippen molar-refractivity contribution >= 4 is 5.91 Å². The minimum atomic E-state index is -1.32. The minimum Gasteiger partial charge on any atom is -0.489 e. The van der Waals surface area contributed by atoms with E-state index in [0.717, 1.165) is 22.4 Å². The van der Waals surface area contributed by atoms with Crippen LogP contribution in [0.25, 0.3) is 0 Å². The highest BCUT2D eigenvalue weighted by molar-refractivity contribution is 5.80. The van der Waals surface area contributed by atoms with Crippen LogP contribution in [0.1, 0.15) is 28.4 Å². The van der Waals surface area contributed by atoms with Gasteiger partial charge in [-0.05, 0) is 42.2 Å². The number of nitrogens with two attached hydrogens (primary N) is 1. The number of hydrogen-bond acceptors (Lipinski definition) is 3. The van der Waals surface area contributed by atoms with Crippen molar-refractivity contribution in [1.29, 1.82) is 0 Å². The Balaban J connectivity index is 2.20. The van der Waals surface area contributed by atoms with Crippen molar-refractivity contribution in [2.24, 2.45) is 5.73 Å². The number of ether oxygens (including phenoxy) is 1. The van der Waals surface area contributed by atoms with Gasteiger partial charge in [0.05, 0.1) is 0 Å². The van der Waals surface area contributed by atoms with Gasteiger partial charge in [-0.3, -0.25) is 4.79 Å². The standard InChI is InChI=1S/C17H19NO3/c1-11-7-8-12(2)15(9-11)21-10-13-5-3-4-6-14(13)16(19)17(18)20/h3-9,16,19H,10H2,1-2H3,(H2,18,20). The Kier molecular flexibility index (Phi) is 4.60. The highest BCUT2D eigenvalue weighted by Gasteiger charge is 2.17. The fourth-order valence-electron chi connectivity index (χ4n) is 2.10. The Morgan fingerprint density at radius 3 is 2.67 bits per heavy atom. The van der Waals surface area contributed by atoms with E-state index in [9.17, 15) is 9.90 Å². The van der Waals surface area contributed by atoms with Crippen LogP contribution in [0.3, 0.4) is 0 Å². The van der Waals surface area contributed by atoms with Crippen LogP contribution in [0, 0.1) is 13.8 Å². The van der Waals surface area contributed by atoms with E-state index in [-0.39, 0.29) is 6.61 Å². The first kappa shape index (κ1) is 15.1. The van der Waals surface area contributed by atoms with Gasteiger partial charge >= 0.3 is 0 Å². The Bertz CT molecular complexity index is 652. The van der Waals surface area contributed by atoms with Crippen LogP contribution in [0.15, 0.2) is 42.5 Å². The SMILES string of the molecule is Cc1ccc(C)c(OCc2ccccc2C(O)C(N)=O)c1. The zero-order chi connectivity index (χ0) is 15.4. The van der Waals surface area contributed by atoms with E-state index in [0.29, 0.717) is 5.56 Å². The van der Waals surface area contributed by atoms with Gasteiger partial charge in [-0.2, -0.15) is 0 Å². The first-order valence-corrected chi connectivity index (χ1v) is 6.74. The topological polar surface area (TPSA) is 72.6 Å². The van der Waals surface area contributed by atoms with Gasteiger partial charge in [-0.15, -0.1) is 0 Å². The van der Waals surface area contributed by atoms with Crippen molar-refractivity contribution in [1.82, 2.24) is 0 Å². The van der Waals surface area contributed by atoms with Gasteiger partial charge < -0.3 is 15.6 Å². The molecule has 0 aliphatic rings. The molecule has 4 nitrogen and oxygen atoms in total. The second-order valence-electron chi connectivity index (χ2n) is 5.06. The Labute approximate surface area is 124 Å². The molecule has 4 heteroatoms. The normalized spacial score (nSPS) is 12.0. The second kappa shape index (κ2) is 6.41. The summed E-state index contributed by atoms with van der Waals surface area (Å²) < 4.78 is 5.81. The molecule has 2 rings (SSSR count). The summed E-state index contributed by atoms with van der Waals surface area (Å²) in [5, 5.41) is 9.84. The van der Waals surface area contributed by atoms with Gasteiger partial charge in [0.25, 0.3) is 5.91 Å². The molecule has 0 spiro atoms. The maximum absolute atomic E-state index is 11.2. The monoisotopic (exact) mass is 285 g/mol. The van der Waals surface area contributed by atoms with Crippen LogP contribution >= 0.6 is 0 Å². The fourth-order valence-corrected chi connectivity index (χ4v) is 2.10. The number of aryl methyl sites for hydroxylation is 2. The molecular weight excluding hydrogens is 266 g/mol. The van der Waals surface area contributed by atoms with Crippen molar-refractivity contribution in [2.45, 2.75) is 26.6 Å². The lowest BCUT2D eigenvalue weighted by molar-refractivity contribution is -0.126. The first-order chi connectivity index (χ1) is 9.99. The van der Waals surface area contributed by atoms with Gasteiger partial charge in [0.15, 0.2) is 6.10 Å². The fraction of sp³-hybridized carbons (Fsp3) is 0.235. The number of primary amides is 1. The third kappa shape index (κ3) is 3.61. The number of benzene rings is 2. The van der Waals surface area contributed by atoms with Gasteiger partial charge in [0.2, 0.25) is 0 Å². The smallest absolute Gasteiger partial charge is 0.250 e. The molecule has 0 aromatic heterocycles. The molecule has 1 atom stereocenters. The summed E-state index contributed by atoms with van der Waals surface area (Å²) in [6.45, 7) is 4.24. The average Bonchev–Trinajstić information content (AvgIpc) is 2.47. The molecule has 110 valence electrons. The molecule has 3 N–H and O–H groups in total. The van der Waals surface area contributed by atoms with Crippen LogP contribution in [-0.2, 0) is 11.4 Å². The number of hydrogen-bond donors (Lipinski definition) is 2. The third-order valence-corrected chi connectivity index (χ3v) is 3.35. The summed E-state index contributed by atoms with van der Waals surface area (Å²) in [5.74, 6) is 0.0209. The van der Waals surface area contributed by atoms with E-state index >= 15 is 0 Å². The third-order valence-electron chi connectivity index (χ3n) is 3.35. The lowest BCUT2D eigenvalue weighted by Gasteiger charge is -2.15. The Morgan fingerprint density at radius 2 is 1.95 bits per heavy atom. The van der Waals surface area contributed by atoms with Gasteiger partial charge in [-0.1, -0.05) is 36.4 Å². The molecule has 0 aliphatic heterocycles. The molecule has 0 radical (unpaired) electrons. The molecule has 1 amide bonds. The minimum absolute atomic E-state index is 0.269. The summed E-state index contributed by atoms with van der Waals surface area (Å²) in [7, 11) is 0. The summed E-state index contributed by atoms with van der Waals surface area (Å²) >= 11 is 0. The number of amides is 1. The van der Waals surface area contributed by atoms with Crippen LogP contribution in [0.4, 0.5) is 0 Å². The number of aliphatic hydroxyl groups excluding tert-OH is 1. The predicted octanol–water partition coefficient (Wildman–Crippen LogP) is 2.40. The van der Waals surface area contributed by atoms with E-state index in [4.69, 9.17) is 10.5 Å². The summed E-state index contributed by atoms with van der Waals surface area (Å²) in [6.07, 6.45) is -1.32. The maximum Gasteiger partial charge on any atom is 0.250 e. The molecule has 2 aromatic rings. The van der Waals surface area contributed by atoms with E-state index in [1.807, 2.05) is 44.2 Å². The highest BCUT2D eigenvalue weighted by Crippen LogP contribution is 2.23. The lowest BCUT2D eigenvalue weighted by atomic mass is 10.0. The number of carbonyl (C=O) groups excluding carboxylic acids is 1. The zero-order valence-electron chi connectivity index (χ0n) is 12.2. The van der Waals surface area contributed by atoms with Crippen LogP contribution in [-0.4, -0.2) is 11.0 Å². The van der Waals surface area contributed by atoms with Crippen LogP contribution in [0.5, 0.6) is 5.75 Å².